The van der Waals surface area contributed by atoms with Gasteiger partial charge in [0.15, 0.2) is 0 Å². The number of aromatic carboxylic acids is 1. The zero-order valence-corrected chi connectivity index (χ0v) is 11.9. The van der Waals surface area contributed by atoms with Gasteiger partial charge in [-0.15, -0.1) is 0 Å². The van der Waals surface area contributed by atoms with E-state index in [1.807, 2.05) is 0 Å². The van der Waals surface area contributed by atoms with E-state index in [1.54, 1.807) is 7.05 Å². The van der Waals surface area contributed by atoms with E-state index < -0.39 is 16.0 Å². The largest absolute Gasteiger partial charge is 0.477 e. The van der Waals surface area contributed by atoms with Gasteiger partial charge in [0.25, 0.3) is 10.0 Å². The summed E-state index contributed by atoms with van der Waals surface area (Å²) in [5.41, 5.74) is -0.0316. The van der Waals surface area contributed by atoms with E-state index in [-0.39, 0.29) is 22.6 Å². The summed E-state index contributed by atoms with van der Waals surface area (Å²) in [6, 6.07) is 1.22. The first kappa shape index (κ1) is 13.6. The van der Waals surface area contributed by atoms with Gasteiger partial charge in [0, 0.05) is 19.3 Å². The zero-order valence-electron chi connectivity index (χ0n) is 11.1. The topological polar surface area (TPSA) is 119 Å². The van der Waals surface area contributed by atoms with Crippen LogP contribution in [0.1, 0.15) is 29.4 Å². The van der Waals surface area contributed by atoms with Crippen molar-refractivity contribution in [3.05, 3.63) is 24.3 Å². The highest BCUT2D eigenvalue weighted by molar-refractivity contribution is 7.92. The fraction of sp³-hybridized carbons (Fsp3) is 0.364. The average molecular weight is 311 g/mol. The molecule has 2 N–H and O–H groups in total. The Labute approximate surface area is 120 Å². The van der Waals surface area contributed by atoms with Crippen LogP contribution in [-0.4, -0.2) is 38.8 Å². The van der Waals surface area contributed by atoms with Crippen molar-refractivity contribution in [1.29, 1.82) is 0 Å². The van der Waals surface area contributed by atoms with Crippen LogP contribution in [-0.2, 0) is 17.1 Å². The highest BCUT2D eigenvalue weighted by Gasteiger charge is 2.30. The van der Waals surface area contributed by atoms with Gasteiger partial charge in [0.1, 0.15) is 16.9 Å². The normalized spacial score (nSPS) is 15.1. The van der Waals surface area contributed by atoms with Crippen LogP contribution in [0.4, 0.5) is 5.95 Å². The smallest absolute Gasteiger partial charge is 0.352 e. The number of carboxylic acid groups (broad SMARTS) is 1. The van der Waals surface area contributed by atoms with Crippen LogP contribution in [0.2, 0.25) is 0 Å². The minimum Gasteiger partial charge on any atom is -0.477 e. The SMILES string of the molecule is Cn1ncnc1NS(=O)(=O)c1cc(C(=O)O)n(C2CC2)c1. The van der Waals surface area contributed by atoms with Crippen LogP contribution in [0, 0.1) is 0 Å². The van der Waals surface area contributed by atoms with Crippen molar-refractivity contribution in [2.24, 2.45) is 7.05 Å². The van der Waals surface area contributed by atoms with Gasteiger partial charge in [-0.3, -0.25) is 0 Å². The van der Waals surface area contributed by atoms with Crippen molar-refractivity contribution in [3.8, 4) is 0 Å². The number of aryl methyl sites for hydroxylation is 1. The third-order valence-electron chi connectivity index (χ3n) is 3.23. The number of carboxylic acids is 1. The predicted octanol–water partition coefficient (Wildman–Crippen LogP) is 0.450. The van der Waals surface area contributed by atoms with Gasteiger partial charge in [-0.1, -0.05) is 0 Å². The molecule has 2 heterocycles. The van der Waals surface area contributed by atoms with E-state index in [1.165, 1.54) is 21.8 Å². The van der Waals surface area contributed by atoms with Crippen LogP contribution in [0.15, 0.2) is 23.5 Å². The number of nitrogens with one attached hydrogen (secondary N) is 1. The van der Waals surface area contributed by atoms with Gasteiger partial charge in [-0.05, 0) is 18.9 Å². The third kappa shape index (κ3) is 2.49. The van der Waals surface area contributed by atoms with Gasteiger partial charge in [-0.2, -0.15) is 10.1 Å². The van der Waals surface area contributed by atoms with Crippen molar-refractivity contribution < 1.29 is 18.3 Å². The first-order valence-electron chi connectivity index (χ1n) is 6.20. The summed E-state index contributed by atoms with van der Waals surface area (Å²) in [5.74, 6) is -1.09. The first-order valence-corrected chi connectivity index (χ1v) is 7.69. The van der Waals surface area contributed by atoms with Gasteiger partial charge in [0.05, 0.1) is 0 Å². The van der Waals surface area contributed by atoms with Gasteiger partial charge in [0.2, 0.25) is 5.95 Å². The first-order chi connectivity index (χ1) is 9.88. The molecule has 1 fully saturated rings. The zero-order chi connectivity index (χ0) is 15.2. The minimum atomic E-state index is -3.90. The molecule has 21 heavy (non-hydrogen) atoms. The summed E-state index contributed by atoms with van der Waals surface area (Å²) in [4.78, 5) is 14.9. The molecule has 1 aliphatic rings. The standard InChI is InChI=1S/C11H13N5O4S/c1-15-11(12-6-13-15)14-21(19,20)8-4-9(10(17)18)16(5-8)7-2-3-7/h4-7H,2-3H2,1H3,(H,17,18)(H,12,13,14). The molecular formula is C11H13N5O4S. The molecule has 0 amide bonds. The van der Waals surface area contributed by atoms with Crippen LogP contribution >= 0.6 is 0 Å². The molecule has 2 aromatic rings. The number of hydrogen-bond acceptors (Lipinski definition) is 5. The van der Waals surface area contributed by atoms with Gasteiger partial charge < -0.3 is 9.67 Å². The fourth-order valence-electron chi connectivity index (χ4n) is 1.99. The second kappa shape index (κ2) is 4.58. The molecular weight excluding hydrogens is 298 g/mol. The van der Waals surface area contributed by atoms with E-state index >= 15 is 0 Å². The Balaban J connectivity index is 1.97. The van der Waals surface area contributed by atoms with Gasteiger partial charge in [-0.25, -0.2) is 22.6 Å². The number of aromatic nitrogens is 4. The second-order valence-electron chi connectivity index (χ2n) is 4.82. The fourth-order valence-corrected chi connectivity index (χ4v) is 3.06. The third-order valence-corrected chi connectivity index (χ3v) is 4.53. The Bertz CT molecular complexity index is 802. The van der Waals surface area contributed by atoms with E-state index in [0.717, 1.165) is 18.9 Å². The number of hydrogen-bond donors (Lipinski definition) is 2. The Morgan fingerprint density at radius 2 is 2.19 bits per heavy atom. The van der Waals surface area contributed by atoms with Crippen molar-refractivity contribution >= 4 is 21.9 Å². The molecule has 1 saturated carbocycles. The summed E-state index contributed by atoms with van der Waals surface area (Å²) in [6.45, 7) is 0. The molecule has 0 spiro atoms. The molecule has 10 heteroatoms. The number of anilines is 1. The maximum absolute atomic E-state index is 12.3. The maximum Gasteiger partial charge on any atom is 0.352 e. The average Bonchev–Trinajstić information content (AvgIpc) is 3.01. The van der Waals surface area contributed by atoms with Crippen molar-refractivity contribution in [2.75, 3.05) is 4.72 Å². The van der Waals surface area contributed by atoms with Crippen LogP contribution in [0.3, 0.4) is 0 Å². The molecule has 0 bridgehead atoms. The highest BCUT2D eigenvalue weighted by Crippen LogP contribution is 2.37. The molecule has 1 aliphatic carbocycles. The minimum absolute atomic E-state index is 0.0316. The van der Waals surface area contributed by atoms with E-state index in [2.05, 4.69) is 14.8 Å². The lowest BCUT2D eigenvalue weighted by molar-refractivity contribution is 0.0685. The van der Waals surface area contributed by atoms with E-state index in [9.17, 15) is 13.2 Å². The summed E-state index contributed by atoms with van der Waals surface area (Å²) < 4.78 is 29.6. The van der Waals surface area contributed by atoms with Crippen LogP contribution < -0.4 is 4.72 Å². The lowest BCUT2D eigenvalue weighted by atomic mass is 10.4. The lowest BCUT2D eigenvalue weighted by Crippen LogP contribution is -2.15. The summed E-state index contributed by atoms with van der Waals surface area (Å²) in [5, 5.41) is 12.9. The number of carbonyl (C=O) groups is 1. The molecule has 0 aliphatic heterocycles. The lowest BCUT2D eigenvalue weighted by Gasteiger charge is -2.04. The molecule has 0 saturated heterocycles. The molecule has 3 rings (SSSR count). The summed E-state index contributed by atoms with van der Waals surface area (Å²) >= 11 is 0. The summed E-state index contributed by atoms with van der Waals surface area (Å²) in [6.07, 6.45) is 4.27. The molecule has 0 unspecified atom stereocenters. The second-order valence-corrected chi connectivity index (χ2v) is 6.50. The van der Waals surface area contributed by atoms with Crippen molar-refractivity contribution in [3.63, 3.8) is 0 Å². The monoisotopic (exact) mass is 311 g/mol. The highest BCUT2D eigenvalue weighted by atomic mass is 32.2. The predicted molar refractivity (Wildman–Crippen MR) is 71.5 cm³/mol. The van der Waals surface area contributed by atoms with E-state index in [4.69, 9.17) is 5.11 Å². The molecule has 9 nitrogen and oxygen atoms in total. The number of rotatable bonds is 5. The molecule has 0 radical (unpaired) electrons. The van der Waals surface area contributed by atoms with Crippen molar-refractivity contribution in [1.82, 2.24) is 19.3 Å². The number of nitrogens with zero attached hydrogens (tertiary/aromatic N) is 4. The number of sulfonamides is 1. The van der Waals surface area contributed by atoms with Crippen LogP contribution in [0.5, 0.6) is 0 Å². The van der Waals surface area contributed by atoms with E-state index in [0.29, 0.717) is 0 Å². The maximum atomic E-state index is 12.3. The van der Waals surface area contributed by atoms with Gasteiger partial charge >= 0.3 is 5.97 Å². The Kier molecular flexibility index (Phi) is 2.97. The Hall–Kier alpha value is -2.36. The summed E-state index contributed by atoms with van der Waals surface area (Å²) in [7, 11) is -2.36. The Morgan fingerprint density at radius 1 is 1.48 bits per heavy atom. The van der Waals surface area contributed by atoms with Crippen molar-refractivity contribution in [2.45, 2.75) is 23.8 Å². The Morgan fingerprint density at radius 3 is 2.71 bits per heavy atom. The quantitative estimate of drug-likeness (QED) is 0.827. The molecule has 0 atom stereocenters. The molecule has 0 aromatic carbocycles. The molecule has 2 aromatic heterocycles. The molecule has 112 valence electrons. The van der Waals surface area contributed by atoms with Crippen LogP contribution in [0.25, 0.3) is 0 Å².